The number of nitrogens with zero attached hydrogens (tertiary/aromatic N) is 2. The molecule has 3 heterocycles. The van der Waals surface area contributed by atoms with Crippen molar-refractivity contribution in [3.63, 3.8) is 0 Å². The molecule has 0 aliphatic carbocycles. The minimum atomic E-state index is -0.596. The normalized spacial score (nSPS) is 24.8. The van der Waals surface area contributed by atoms with Crippen LogP contribution in [0.2, 0.25) is 0 Å². The first-order valence-corrected chi connectivity index (χ1v) is 8.65. The van der Waals surface area contributed by atoms with Crippen LogP contribution < -0.4 is 4.90 Å². The van der Waals surface area contributed by atoms with Crippen LogP contribution in [-0.4, -0.2) is 55.9 Å². The lowest BCUT2D eigenvalue weighted by Gasteiger charge is -2.42. The van der Waals surface area contributed by atoms with Gasteiger partial charge in [0.1, 0.15) is 24.3 Å². The number of amides is 1. The molecular weight excluding hydrogens is 339 g/mol. The van der Waals surface area contributed by atoms with Gasteiger partial charge in [-0.2, -0.15) is 0 Å². The minimum Gasteiger partial charge on any atom is -0.470 e. The van der Waals surface area contributed by atoms with E-state index in [0.29, 0.717) is 32.8 Å². The fourth-order valence-corrected chi connectivity index (χ4v) is 3.51. The Morgan fingerprint density at radius 3 is 2.77 bits per heavy atom. The van der Waals surface area contributed by atoms with Gasteiger partial charge in [0.05, 0.1) is 31.7 Å². The zero-order valence-electron chi connectivity index (χ0n) is 14.4. The Balaban J connectivity index is 1.51. The first-order valence-electron chi connectivity index (χ1n) is 8.65. The molecular formula is C19H21FN2O4. The number of carbonyl (C=O) groups excluding carboxylic acids is 1. The molecule has 4 rings (SSSR count). The molecule has 1 unspecified atom stereocenters. The number of hydrogen-bond acceptors (Lipinski definition) is 5. The van der Waals surface area contributed by atoms with E-state index in [0.717, 1.165) is 17.8 Å². The Morgan fingerprint density at radius 1 is 1.15 bits per heavy atom. The summed E-state index contributed by atoms with van der Waals surface area (Å²) >= 11 is 0. The molecule has 2 aromatic rings. The van der Waals surface area contributed by atoms with E-state index < -0.39 is 5.60 Å². The van der Waals surface area contributed by atoms with E-state index in [1.54, 1.807) is 35.6 Å². The second-order valence-corrected chi connectivity index (χ2v) is 6.82. The first-order chi connectivity index (χ1) is 12.6. The predicted molar refractivity (Wildman–Crippen MR) is 92.2 cm³/mol. The van der Waals surface area contributed by atoms with Crippen LogP contribution in [0.25, 0.3) is 0 Å². The Labute approximate surface area is 151 Å². The molecule has 138 valence electrons. The van der Waals surface area contributed by atoms with Gasteiger partial charge in [-0.1, -0.05) is 12.1 Å². The Kier molecular flexibility index (Phi) is 4.76. The van der Waals surface area contributed by atoms with E-state index in [1.165, 1.54) is 12.1 Å². The number of morpholine rings is 1. The van der Waals surface area contributed by atoms with Crippen molar-refractivity contribution in [2.75, 3.05) is 44.4 Å². The van der Waals surface area contributed by atoms with Crippen molar-refractivity contribution in [2.45, 2.75) is 12.1 Å². The molecule has 1 spiro atoms. The van der Waals surface area contributed by atoms with E-state index in [2.05, 4.69) is 4.90 Å². The number of benzene rings is 1. The number of anilines is 1. The van der Waals surface area contributed by atoms with Gasteiger partial charge in [-0.05, 0) is 17.7 Å². The molecule has 2 aliphatic rings. The monoisotopic (exact) mass is 360 g/mol. The van der Waals surface area contributed by atoms with E-state index in [9.17, 15) is 9.18 Å². The lowest BCUT2D eigenvalue weighted by atomic mass is 10.0. The van der Waals surface area contributed by atoms with E-state index >= 15 is 0 Å². The van der Waals surface area contributed by atoms with Crippen molar-refractivity contribution in [1.82, 2.24) is 4.90 Å². The molecule has 0 bridgehead atoms. The summed E-state index contributed by atoms with van der Waals surface area (Å²) in [5.74, 6) is -0.333. The zero-order chi connectivity index (χ0) is 18.0. The second-order valence-electron chi connectivity index (χ2n) is 6.82. The average molecular weight is 360 g/mol. The maximum Gasteiger partial charge on any atom is 0.253 e. The standard InChI is InChI=1S/C19H21FN2O4/c20-16-3-1-15(2-4-16)9-21-6-8-25-14-19(12-21)13-22(18(23)11-26-19)17-5-7-24-10-17/h1-5,7,10H,6,8-9,11-14H2. The molecule has 7 heteroatoms. The van der Waals surface area contributed by atoms with Crippen molar-refractivity contribution in [1.29, 1.82) is 0 Å². The van der Waals surface area contributed by atoms with Crippen molar-refractivity contribution in [2.24, 2.45) is 0 Å². The van der Waals surface area contributed by atoms with Gasteiger partial charge in [-0.15, -0.1) is 0 Å². The van der Waals surface area contributed by atoms with Crippen LogP contribution in [0, 0.1) is 5.82 Å². The maximum absolute atomic E-state index is 13.1. The predicted octanol–water partition coefficient (Wildman–Crippen LogP) is 2.05. The third kappa shape index (κ3) is 3.65. The molecule has 1 atom stereocenters. The summed E-state index contributed by atoms with van der Waals surface area (Å²) in [5.41, 5.74) is 1.16. The summed E-state index contributed by atoms with van der Waals surface area (Å²) in [6, 6.07) is 8.28. The quantitative estimate of drug-likeness (QED) is 0.839. The lowest BCUT2D eigenvalue weighted by molar-refractivity contribution is -0.146. The fourth-order valence-electron chi connectivity index (χ4n) is 3.51. The third-order valence-corrected chi connectivity index (χ3v) is 4.82. The van der Waals surface area contributed by atoms with Crippen molar-refractivity contribution < 1.29 is 23.1 Å². The molecule has 2 fully saturated rings. The van der Waals surface area contributed by atoms with Crippen LogP contribution in [0.5, 0.6) is 0 Å². The van der Waals surface area contributed by atoms with E-state index in [-0.39, 0.29) is 18.3 Å². The molecule has 26 heavy (non-hydrogen) atoms. The minimum absolute atomic E-state index is 0.0128. The third-order valence-electron chi connectivity index (χ3n) is 4.82. The highest BCUT2D eigenvalue weighted by Crippen LogP contribution is 2.28. The molecule has 1 aromatic carbocycles. The first kappa shape index (κ1) is 17.2. The van der Waals surface area contributed by atoms with Gasteiger partial charge in [0.15, 0.2) is 0 Å². The number of ether oxygens (including phenoxy) is 2. The smallest absolute Gasteiger partial charge is 0.253 e. The van der Waals surface area contributed by atoms with Gasteiger partial charge in [0, 0.05) is 25.7 Å². The van der Waals surface area contributed by atoms with Crippen LogP contribution in [0.3, 0.4) is 0 Å². The molecule has 2 saturated heterocycles. The molecule has 0 radical (unpaired) electrons. The van der Waals surface area contributed by atoms with Crippen LogP contribution in [0.1, 0.15) is 5.56 Å². The number of carbonyl (C=O) groups is 1. The summed E-state index contributed by atoms with van der Waals surface area (Å²) in [6.45, 7) is 3.49. The van der Waals surface area contributed by atoms with E-state index in [1.807, 2.05) is 0 Å². The summed E-state index contributed by atoms with van der Waals surface area (Å²) in [6.07, 6.45) is 3.11. The van der Waals surface area contributed by atoms with Crippen molar-refractivity contribution >= 4 is 11.6 Å². The molecule has 1 aromatic heterocycles. The largest absolute Gasteiger partial charge is 0.470 e. The Hall–Kier alpha value is -2.22. The van der Waals surface area contributed by atoms with Gasteiger partial charge in [0.25, 0.3) is 5.91 Å². The SMILES string of the molecule is O=C1COC2(COCCN(Cc3ccc(F)cc3)C2)CN1c1ccoc1. The van der Waals surface area contributed by atoms with Crippen LogP contribution in [-0.2, 0) is 20.8 Å². The Morgan fingerprint density at radius 2 is 2.00 bits per heavy atom. The number of rotatable bonds is 3. The number of hydrogen-bond donors (Lipinski definition) is 0. The highest BCUT2D eigenvalue weighted by Gasteiger charge is 2.43. The van der Waals surface area contributed by atoms with Crippen LogP contribution in [0.15, 0.2) is 47.3 Å². The molecule has 1 amide bonds. The van der Waals surface area contributed by atoms with Crippen molar-refractivity contribution in [3.05, 3.63) is 54.2 Å². The second kappa shape index (κ2) is 7.19. The van der Waals surface area contributed by atoms with Gasteiger partial charge in [0.2, 0.25) is 0 Å². The average Bonchev–Trinajstić information content (AvgIpc) is 3.10. The fraction of sp³-hybridized carbons (Fsp3) is 0.421. The Bertz CT molecular complexity index is 749. The summed E-state index contributed by atoms with van der Waals surface area (Å²) in [5, 5.41) is 0. The van der Waals surface area contributed by atoms with Crippen LogP contribution in [0.4, 0.5) is 10.1 Å². The maximum atomic E-state index is 13.1. The van der Waals surface area contributed by atoms with Gasteiger partial charge in [-0.25, -0.2) is 4.39 Å². The molecule has 2 aliphatic heterocycles. The van der Waals surface area contributed by atoms with Gasteiger partial charge >= 0.3 is 0 Å². The number of furan rings is 1. The van der Waals surface area contributed by atoms with Gasteiger partial charge in [-0.3, -0.25) is 9.69 Å². The summed E-state index contributed by atoms with van der Waals surface area (Å²) < 4.78 is 30.0. The lowest BCUT2D eigenvalue weighted by Crippen LogP contribution is -2.60. The summed E-state index contributed by atoms with van der Waals surface area (Å²) in [7, 11) is 0. The summed E-state index contributed by atoms with van der Waals surface area (Å²) in [4.78, 5) is 16.2. The highest BCUT2D eigenvalue weighted by atomic mass is 19.1. The number of halogens is 1. The van der Waals surface area contributed by atoms with Crippen molar-refractivity contribution in [3.8, 4) is 0 Å². The van der Waals surface area contributed by atoms with Crippen LogP contribution >= 0.6 is 0 Å². The highest BCUT2D eigenvalue weighted by molar-refractivity contribution is 5.95. The zero-order valence-corrected chi connectivity index (χ0v) is 14.4. The molecule has 0 N–H and O–H groups in total. The van der Waals surface area contributed by atoms with Gasteiger partial charge < -0.3 is 18.8 Å². The topological polar surface area (TPSA) is 55.2 Å². The molecule has 0 saturated carbocycles. The molecule has 6 nitrogen and oxygen atoms in total. The van der Waals surface area contributed by atoms with E-state index in [4.69, 9.17) is 13.9 Å².